The first-order chi connectivity index (χ1) is 12.9. The van der Waals surface area contributed by atoms with Crippen molar-refractivity contribution in [3.63, 3.8) is 0 Å². The van der Waals surface area contributed by atoms with Gasteiger partial charge in [0, 0.05) is 37.4 Å². The Balaban J connectivity index is 1.56. The van der Waals surface area contributed by atoms with Gasteiger partial charge in [-0.3, -0.25) is 14.7 Å². The Labute approximate surface area is 163 Å². The van der Waals surface area contributed by atoms with Gasteiger partial charge in [0.05, 0.1) is 23.3 Å². The van der Waals surface area contributed by atoms with E-state index in [0.29, 0.717) is 18.0 Å². The highest BCUT2D eigenvalue weighted by Gasteiger charge is 2.59. The number of morpholine rings is 1. The Bertz CT molecular complexity index is 699. The van der Waals surface area contributed by atoms with Crippen LogP contribution in [0.4, 0.5) is 0 Å². The minimum absolute atomic E-state index is 0.123. The molecule has 3 saturated heterocycles. The second kappa shape index (κ2) is 7.17. The largest absolute Gasteiger partial charge is 0.372 e. The van der Waals surface area contributed by atoms with Crippen LogP contribution in [0.15, 0.2) is 18.2 Å². The summed E-state index contributed by atoms with van der Waals surface area (Å²) in [6.45, 7) is 10.7. The number of hydrogen-bond donors (Lipinski definition) is 0. The monoisotopic (exact) mass is 371 g/mol. The van der Waals surface area contributed by atoms with E-state index in [-0.39, 0.29) is 17.6 Å². The van der Waals surface area contributed by atoms with Gasteiger partial charge in [-0.15, -0.1) is 0 Å². The first kappa shape index (κ1) is 18.9. The Kier molecular flexibility index (Phi) is 5.02. The minimum Gasteiger partial charge on any atom is -0.372 e. The lowest BCUT2D eigenvalue weighted by Crippen LogP contribution is -2.56. The Morgan fingerprint density at radius 1 is 1.26 bits per heavy atom. The number of aryl methyl sites for hydroxylation is 1. The lowest BCUT2D eigenvalue weighted by Gasteiger charge is -2.43. The minimum atomic E-state index is -0.233. The highest BCUT2D eigenvalue weighted by molar-refractivity contribution is 5.84. The molecule has 0 unspecified atom stereocenters. The summed E-state index contributed by atoms with van der Waals surface area (Å²) in [4.78, 5) is 23.1. The molecule has 0 spiro atoms. The van der Waals surface area contributed by atoms with Crippen LogP contribution in [0.1, 0.15) is 57.8 Å². The Hall–Kier alpha value is -1.46. The third-order valence-electron chi connectivity index (χ3n) is 6.93. The van der Waals surface area contributed by atoms with Crippen molar-refractivity contribution in [3.8, 4) is 0 Å². The predicted molar refractivity (Wildman–Crippen MR) is 105 cm³/mol. The van der Waals surface area contributed by atoms with Crippen LogP contribution < -0.4 is 0 Å². The molecule has 3 aliphatic rings. The van der Waals surface area contributed by atoms with Gasteiger partial charge in [0.1, 0.15) is 0 Å². The number of carbonyl (C=O) groups is 1. The van der Waals surface area contributed by atoms with Crippen molar-refractivity contribution in [2.75, 3.05) is 13.1 Å². The summed E-state index contributed by atoms with van der Waals surface area (Å²) in [6.07, 6.45) is 4.51. The molecule has 1 aromatic heterocycles. The molecule has 0 aromatic carbocycles. The summed E-state index contributed by atoms with van der Waals surface area (Å²) in [5.74, 6) is 0.362. The number of amides is 1. The summed E-state index contributed by atoms with van der Waals surface area (Å²) >= 11 is 0. The van der Waals surface area contributed by atoms with E-state index >= 15 is 0 Å². The molecular weight excluding hydrogens is 338 g/mol. The van der Waals surface area contributed by atoms with Crippen molar-refractivity contribution in [1.82, 2.24) is 14.8 Å². The third-order valence-corrected chi connectivity index (χ3v) is 6.93. The fourth-order valence-corrected chi connectivity index (χ4v) is 5.84. The van der Waals surface area contributed by atoms with Gasteiger partial charge in [-0.05, 0) is 58.6 Å². The number of aromatic nitrogens is 1. The summed E-state index contributed by atoms with van der Waals surface area (Å²) < 4.78 is 5.86. The number of fused-ring (bicyclic) bond motifs is 2. The van der Waals surface area contributed by atoms with Crippen LogP contribution in [-0.2, 0) is 16.1 Å². The molecule has 27 heavy (non-hydrogen) atoms. The molecule has 2 bridgehead atoms. The number of carbonyl (C=O) groups excluding carboxylic acids is 1. The highest BCUT2D eigenvalue weighted by Crippen LogP contribution is 2.53. The van der Waals surface area contributed by atoms with Gasteiger partial charge in [-0.25, -0.2) is 0 Å². The highest BCUT2D eigenvalue weighted by atomic mass is 16.5. The average molecular weight is 372 g/mol. The van der Waals surface area contributed by atoms with Crippen LogP contribution in [0.25, 0.3) is 0 Å². The van der Waals surface area contributed by atoms with Crippen LogP contribution >= 0.6 is 0 Å². The molecule has 4 heterocycles. The average Bonchev–Trinajstić information content (AvgIpc) is 3.15. The lowest BCUT2D eigenvalue weighted by molar-refractivity contribution is -0.156. The molecule has 5 heteroatoms. The summed E-state index contributed by atoms with van der Waals surface area (Å²) in [6, 6.07) is 7.10. The predicted octanol–water partition coefficient (Wildman–Crippen LogP) is 3.16. The number of hydrogen-bond acceptors (Lipinski definition) is 4. The number of pyridine rings is 1. The second-order valence-corrected chi connectivity index (χ2v) is 8.87. The van der Waals surface area contributed by atoms with E-state index < -0.39 is 0 Å². The number of ether oxygens (including phenoxy) is 1. The molecule has 0 radical (unpaired) electrons. The second-order valence-electron chi connectivity index (χ2n) is 8.87. The molecule has 3 aliphatic heterocycles. The van der Waals surface area contributed by atoms with E-state index in [1.54, 1.807) is 0 Å². The Morgan fingerprint density at radius 2 is 2.00 bits per heavy atom. The molecule has 1 amide bonds. The fourth-order valence-electron chi connectivity index (χ4n) is 5.84. The van der Waals surface area contributed by atoms with Gasteiger partial charge in [-0.1, -0.05) is 13.0 Å². The van der Waals surface area contributed by atoms with Crippen molar-refractivity contribution >= 4 is 5.91 Å². The van der Waals surface area contributed by atoms with Gasteiger partial charge < -0.3 is 9.64 Å². The maximum Gasteiger partial charge on any atom is 0.230 e. The van der Waals surface area contributed by atoms with Crippen LogP contribution in [-0.4, -0.2) is 58.1 Å². The Morgan fingerprint density at radius 3 is 2.67 bits per heavy atom. The SMILES string of the molecule is CC[C@@]1(C(=O)N2C[C@@H](C)O[C@@H](C)C2)C[C@@H]2CC[C@H]1N2Cc1cccc(C)n1. The van der Waals surface area contributed by atoms with Gasteiger partial charge in [0.15, 0.2) is 0 Å². The van der Waals surface area contributed by atoms with E-state index in [1.807, 2.05) is 13.0 Å². The third kappa shape index (κ3) is 3.29. The molecule has 3 fully saturated rings. The smallest absolute Gasteiger partial charge is 0.230 e. The van der Waals surface area contributed by atoms with Crippen molar-refractivity contribution in [2.24, 2.45) is 5.41 Å². The summed E-state index contributed by atoms with van der Waals surface area (Å²) in [5, 5.41) is 0. The lowest BCUT2D eigenvalue weighted by atomic mass is 9.70. The van der Waals surface area contributed by atoms with Crippen molar-refractivity contribution < 1.29 is 9.53 Å². The fraction of sp³-hybridized carbons (Fsp3) is 0.727. The normalized spacial score (nSPS) is 36.4. The first-order valence-electron chi connectivity index (χ1n) is 10.6. The molecule has 148 valence electrons. The topological polar surface area (TPSA) is 45.7 Å². The molecule has 0 N–H and O–H groups in total. The van der Waals surface area contributed by atoms with E-state index in [1.165, 1.54) is 6.42 Å². The maximum absolute atomic E-state index is 13.7. The van der Waals surface area contributed by atoms with Crippen molar-refractivity contribution in [3.05, 3.63) is 29.6 Å². The molecule has 1 aromatic rings. The van der Waals surface area contributed by atoms with E-state index in [2.05, 4.69) is 42.7 Å². The van der Waals surface area contributed by atoms with Crippen molar-refractivity contribution in [1.29, 1.82) is 0 Å². The number of nitrogens with zero attached hydrogens (tertiary/aromatic N) is 3. The van der Waals surface area contributed by atoms with E-state index in [4.69, 9.17) is 9.72 Å². The van der Waals surface area contributed by atoms with Crippen LogP contribution in [0.2, 0.25) is 0 Å². The number of rotatable bonds is 4. The van der Waals surface area contributed by atoms with Gasteiger partial charge in [0.25, 0.3) is 0 Å². The van der Waals surface area contributed by atoms with Crippen LogP contribution in [0, 0.1) is 12.3 Å². The van der Waals surface area contributed by atoms with E-state index in [9.17, 15) is 4.79 Å². The zero-order valence-electron chi connectivity index (χ0n) is 17.1. The molecule has 4 rings (SSSR count). The molecule has 0 saturated carbocycles. The zero-order chi connectivity index (χ0) is 19.2. The molecule has 5 nitrogen and oxygen atoms in total. The van der Waals surface area contributed by atoms with Crippen molar-refractivity contribution in [2.45, 2.75) is 84.2 Å². The first-order valence-corrected chi connectivity index (χ1v) is 10.6. The van der Waals surface area contributed by atoms with E-state index in [0.717, 1.165) is 50.3 Å². The molecule has 0 aliphatic carbocycles. The van der Waals surface area contributed by atoms with Gasteiger partial charge in [-0.2, -0.15) is 0 Å². The zero-order valence-corrected chi connectivity index (χ0v) is 17.1. The van der Waals surface area contributed by atoms with Gasteiger partial charge in [0.2, 0.25) is 5.91 Å². The standard InChI is InChI=1S/C22H33N3O2/c1-5-22(21(26)24-12-16(3)27-17(4)13-24)11-19-9-10-20(22)25(19)14-18-8-6-7-15(2)23-18/h6-8,16-17,19-20H,5,9-14H2,1-4H3/t16-,17+,19-,20+,22+/m0/s1. The summed E-state index contributed by atoms with van der Waals surface area (Å²) in [7, 11) is 0. The quantitative estimate of drug-likeness (QED) is 0.816. The molecular formula is C22H33N3O2. The van der Waals surface area contributed by atoms with Gasteiger partial charge >= 0.3 is 0 Å². The maximum atomic E-state index is 13.7. The summed E-state index contributed by atoms with van der Waals surface area (Å²) in [5.41, 5.74) is 1.96. The van der Waals surface area contributed by atoms with Crippen LogP contribution in [0.3, 0.4) is 0 Å². The van der Waals surface area contributed by atoms with Crippen LogP contribution in [0.5, 0.6) is 0 Å². The molecule has 5 atom stereocenters.